The van der Waals surface area contributed by atoms with Gasteiger partial charge in [0, 0.05) is 54.6 Å². The van der Waals surface area contributed by atoms with Crippen LogP contribution in [0, 0.1) is 31.8 Å². The van der Waals surface area contributed by atoms with E-state index >= 15 is 0 Å². The van der Waals surface area contributed by atoms with Crippen LogP contribution in [0.1, 0.15) is 166 Å². The van der Waals surface area contributed by atoms with E-state index in [4.69, 9.17) is 9.72 Å². The van der Waals surface area contributed by atoms with E-state index in [1.165, 1.54) is 95.8 Å². The van der Waals surface area contributed by atoms with Crippen molar-refractivity contribution < 1.29 is 29.2 Å². The van der Waals surface area contributed by atoms with Gasteiger partial charge in [0.25, 0.3) is 6.71 Å². The van der Waals surface area contributed by atoms with Crippen molar-refractivity contribution in [1.29, 1.82) is 0 Å². The SMILES string of the molecule is CC(C)c1cccc(C(C)C)c1-n1c(-c2[c-]ccc(-c3cc4c5c(c3)N3c6ccc(C(C)(C)C)cc6C(C)(C)c6cc(C(C)(C)C)cc(c63)B5c3cc(C(C)(C)C)ccc3O4)c2)nc2ccccc21.Cc1cnc(-c2[c-]cc(F)cc2)cc1C.[Ir]. The van der Waals surface area contributed by atoms with Crippen LogP contribution < -0.4 is 26.0 Å². The minimum Gasteiger partial charge on any atom is -0.458 e. The standard InChI is InChI=1S/C64H67BN3O.C13H11FN.Ir/c1-37(2)45-22-19-23-46(38(3)4)58(45)68-53-25-17-16-24-51(53)66-60(68)40-21-18-20-39(30-40)41-31-54-57-56(32-41)69-55-29-27-43(62(8,9)10)35-49(55)65(57)50-36-44(63(11,12)13)34-48-59(50)67(54)52-28-26-42(61(5,6)7)33-47(52)64(48,14)15;1-9-7-13(15-8-10(9)2)11-3-5-12(14)6-4-11;/h16-20,22-38H,1-15H3;3,5-8H,1-2H3;/q2*-1;. The first-order chi connectivity index (χ1) is 39.7. The molecule has 1 radical (unpaired) electrons. The van der Waals surface area contributed by atoms with Crippen LogP contribution in [0.4, 0.5) is 21.5 Å². The van der Waals surface area contributed by atoms with Gasteiger partial charge in [-0.2, -0.15) is 0 Å². The third-order valence-electron chi connectivity index (χ3n) is 18.0. The van der Waals surface area contributed by atoms with Gasteiger partial charge in [-0.05, 0) is 150 Å². The Hall–Kier alpha value is -7.38. The quantitative estimate of drug-likeness (QED) is 0.123. The third-order valence-corrected chi connectivity index (χ3v) is 18.0. The summed E-state index contributed by atoms with van der Waals surface area (Å²) in [6, 6.07) is 58.9. The predicted molar refractivity (Wildman–Crippen MR) is 351 cm³/mol. The fraction of sp³-hybridized carbons (Fsp3) is 0.299. The van der Waals surface area contributed by atoms with Crippen LogP contribution in [0.15, 0.2) is 152 Å². The Morgan fingerprint density at radius 2 is 1.25 bits per heavy atom. The number of halogens is 1. The van der Waals surface area contributed by atoms with E-state index in [9.17, 15) is 4.39 Å². The predicted octanol–water partition coefficient (Wildman–Crippen LogP) is 18.6. The number of pyridine rings is 1. The topological polar surface area (TPSA) is 43.2 Å². The minimum absolute atomic E-state index is 0. The number of benzene rings is 8. The zero-order valence-corrected chi connectivity index (χ0v) is 55.0. The monoisotopic (exact) mass is 1300 g/mol. The van der Waals surface area contributed by atoms with Crippen LogP contribution in [0.25, 0.3) is 50.5 Å². The fourth-order valence-electron chi connectivity index (χ4n) is 12.8. The Bertz CT molecular complexity index is 4240. The minimum atomic E-state index is -0.275. The summed E-state index contributed by atoms with van der Waals surface area (Å²) in [5.41, 5.74) is 26.9. The molecule has 0 fully saturated rings. The van der Waals surface area contributed by atoms with Gasteiger partial charge in [-0.1, -0.05) is 182 Å². The average molecular weight is 1300 g/mol. The van der Waals surface area contributed by atoms with Crippen molar-refractivity contribution >= 4 is 51.2 Å². The molecule has 0 bridgehead atoms. The van der Waals surface area contributed by atoms with Gasteiger partial charge in [0.15, 0.2) is 0 Å². The van der Waals surface area contributed by atoms with Crippen LogP contribution >= 0.6 is 0 Å². The summed E-state index contributed by atoms with van der Waals surface area (Å²) in [5, 5.41) is 0. The van der Waals surface area contributed by atoms with Gasteiger partial charge in [-0.15, -0.1) is 65.2 Å². The van der Waals surface area contributed by atoms with Crippen LogP contribution in [-0.4, -0.2) is 21.2 Å². The molecule has 13 rings (SSSR count). The normalized spacial score (nSPS) is 13.8. The molecular formula is C77H78BFIrN4O-2. The molecule has 3 aliphatic heterocycles. The molecule has 0 aliphatic carbocycles. The number of nitrogens with zero attached hydrogens (tertiary/aromatic N) is 4. The Morgan fingerprint density at radius 1 is 0.588 bits per heavy atom. The maximum Gasteiger partial charge on any atom is 0.256 e. The van der Waals surface area contributed by atoms with Crippen LogP contribution in [0.2, 0.25) is 0 Å². The van der Waals surface area contributed by atoms with Crippen molar-refractivity contribution in [3.05, 3.63) is 220 Å². The van der Waals surface area contributed by atoms with Gasteiger partial charge in [0.2, 0.25) is 0 Å². The molecule has 0 saturated heterocycles. The second-order valence-electron chi connectivity index (χ2n) is 28.0. The van der Waals surface area contributed by atoms with Crippen LogP contribution in [0.5, 0.6) is 11.5 Å². The van der Waals surface area contributed by atoms with E-state index in [-0.39, 0.29) is 54.3 Å². The van der Waals surface area contributed by atoms with E-state index in [1.54, 1.807) is 6.07 Å². The Labute approximate surface area is 518 Å². The molecule has 5 nitrogen and oxygen atoms in total. The molecular weight excluding hydrogens is 1220 g/mol. The summed E-state index contributed by atoms with van der Waals surface area (Å²) in [6.45, 7) is 39.1. The summed E-state index contributed by atoms with van der Waals surface area (Å²) in [6.07, 6.45) is 1.82. The molecule has 433 valence electrons. The first-order valence-corrected chi connectivity index (χ1v) is 30.1. The number of aryl methyl sites for hydroxylation is 2. The number of hydrogen-bond donors (Lipinski definition) is 0. The van der Waals surface area contributed by atoms with E-state index in [1.807, 2.05) is 26.1 Å². The number of imidazole rings is 1. The van der Waals surface area contributed by atoms with Crippen LogP contribution in [-0.2, 0) is 41.8 Å². The number of ether oxygens (including phenoxy) is 1. The van der Waals surface area contributed by atoms with Crippen molar-refractivity contribution in [2.75, 3.05) is 4.90 Å². The van der Waals surface area contributed by atoms with Crippen LogP contribution in [0.3, 0.4) is 0 Å². The molecule has 0 amide bonds. The second-order valence-corrected chi connectivity index (χ2v) is 28.0. The molecule has 0 unspecified atom stereocenters. The summed E-state index contributed by atoms with van der Waals surface area (Å²) >= 11 is 0. The smallest absolute Gasteiger partial charge is 0.256 e. The zero-order valence-electron chi connectivity index (χ0n) is 52.6. The summed E-state index contributed by atoms with van der Waals surface area (Å²) < 4.78 is 22.4. The zero-order chi connectivity index (χ0) is 59.7. The van der Waals surface area contributed by atoms with Gasteiger partial charge in [0.1, 0.15) is 11.5 Å². The summed E-state index contributed by atoms with van der Waals surface area (Å²) in [7, 11) is 0. The maximum atomic E-state index is 12.7. The number of anilines is 3. The van der Waals surface area contributed by atoms with E-state index < -0.39 is 0 Å². The van der Waals surface area contributed by atoms with Crippen molar-refractivity contribution in [2.45, 2.75) is 151 Å². The summed E-state index contributed by atoms with van der Waals surface area (Å²) in [5.74, 6) is 3.09. The molecule has 0 spiro atoms. The third kappa shape index (κ3) is 10.4. The molecule has 2 aromatic heterocycles. The summed E-state index contributed by atoms with van der Waals surface area (Å²) in [4.78, 5) is 12.3. The van der Waals surface area contributed by atoms with Crippen molar-refractivity contribution in [3.8, 4) is 51.0 Å². The average Bonchev–Trinajstić information content (AvgIpc) is 1.12. The fourth-order valence-corrected chi connectivity index (χ4v) is 12.8. The van der Waals surface area contributed by atoms with E-state index in [0.717, 1.165) is 61.9 Å². The van der Waals surface area contributed by atoms with Crippen molar-refractivity contribution in [2.24, 2.45) is 0 Å². The van der Waals surface area contributed by atoms with Gasteiger partial charge in [-0.3, -0.25) is 9.37 Å². The van der Waals surface area contributed by atoms with E-state index in [0.29, 0.717) is 11.8 Å². The maximum absolute atomic E-state index is 12.7. The molecule has 8 heteroatoms. The van der Waals surface area contributed by atoms with Gasteiger partial charge in [-0.25, -0.2) is 0 Å². The molecule has 0 saturated carbocycles. The van der Waals surface area contributed by atoms with Gasteiger partial charge in [0.05, 0.1) is 22.5 Å². The van der Waals surface area contributed by atoms with Gasteiger partial charge < -0.3 is 19.2 Å². The molecule has 3 aliphatic rings. The van der Waals surface area contributed by atoms with E-state index in [2.05, 4.69) is 252 Å². The second kappa shape index (κ2) is 21.5. The molecule has 5 heterocycles. The molecule has 8 aromatic carbocycles. The molecule has 85 heavy (non-hydrogen) atoms. The van der Waals surface area contributed by atoms with Crippen molar-refractivity contribution in [1.82, 2.24) is 14.5 Å². The number of rotatable bonds is 6. The Balaban J connectivity index is 0.000000409. The number of hydrogen-bond acceptors (Lipinski definition) is 4. The molecule has 0 atom stereocenters. The van der Waals surface area contributed by atoms with Gasteiger partial charge >= 0.3 is 0 Å². The number of fused-ring (bicyclic) bond motifs is 7. The number of para-hydroxylation sites is 3. The Morgan fingerprint density at radius 3 is 1.91 bits per heavy atom. The molecule has 0 N–H and O–H groups in total. The van der Waals surface area contributed by atoms with Crippen molar-refractivity contribution in [3.63, 3.8) is 0 Å². The Kier molecular flexibility index (Phi) is 15.0. The molecule has 10 aromatic rings. The number of aromatic nitrogens is 3. The first-order valence-electron chi connectivity index (χ1n) is 30.1. The largest absolute Gasteiger partial charge is 0.458 e. The first kappa shape index (κ1) is 59.4.